The molecule has 2 aliphatic rings. The van der Waals surface area contributed by atoms with E-state index < -0.39 is 10.0 Å². The largest absolute Gasteiger partial charge is 0.381 e. The molecule has 2 bridgehead atoms. The predicted molar refractivity (Wildman–Crippen MR) is 64.2 cm³/mol. The second-order valence-corrected chi connectivity index (χ2v) is 6.57. The first kappa shape index (κ1) is 11.9. The summed E-state index contributed by atoms with van der Waals surface area (Å²) in [5.74, 6) is 0.0223. The van der Waals surface area contributed by atoms with Crippen LogP contribution in [0.5, 0.6) is 0 Å². The van der Waals surface area contributed by atoms with Gasteiger partial charge in [-0.2, -0.15) is 5.10 Å². The Labute approximate surface area is 105 Å². The van der Waals surface area contributed by atoms with E-state index in [2.05, 4.69) is 9.82 Å². The average molecular weight is 272 g/mol. The fourth-order valence-electron chi connectivity index (χ4n) is 2.72. The van der Waals surface area contributed by atoms with E-state index in [0.717, 1.165) is 19.3 Å². The van der Waals surface area contributed by atoms with Crippen LogP contribution < -0.4 is 10.5 Å². The summed E-state index contributed by atoms with van der Waals surface area (Å²) >= 11 is 0. The monoisotopic (exact) mass is 272 g/mol. The SMILES string of the molecule is Cn1cc(S(=O)(=O)NC2CC3CCC2O3)c(N)n1. The van der Waals surface area contributed by atoms with Crippen LogP contribution in [0.2, 0.25) is 0 Å². The number of aromatic nitrogens is 2. The molecule has 0 aliphatic carbocycles. The van der Waals surface area contributed by atoms with Gasteiger partial charge in [-0.25, -0.2) is 13.1 Å². The summed E-state index contributed by atoms with van der Waals surface area (Å²) in [7, 11) is -1.98. The lowest BCUT2D eigenvalue weighted by atomic mass is 9.96. The Bertz CT molecular complexity index is 568. The van der Waals surface area contributed by atoms with E-state index in [1.54, 1.807) is 7.05 Å². The molecule has 0 aromatic carbocycles. The van der Waals surface area contributed by atoms with Crippen LogP contribution in [-0.2, 0) is 21.8 Å². The number of nitrogens with one attached hydrogen (secondary N) is 1. The second kappa shape index (κ2) is 3.94. The average Bonchev–Trinajstić information content (AvgIpc) is 2.93. The number of nitrogens with two attached hydrogens (primary N) is 1. The van der Waals surface area contributed by atoms with Crippen LogP contribution in [0.15, 0.2) is 11.1 Å². The number of sulfonamides is 1. The zero-order valence-electron chi connectivity index (χ0n) is 10.0. The maximum Gasteiger partial charge on any atom is 0.246 e. The third-order valence-electron chi connectivity index (χ3n) is 3.52. The third kappa shape index (κ3) is 1.90. The van der Waals surface area contributed by atoms with Crippen molar-refractivity contribution in [1.82, 2.24) is 14.5 Å². The molecule has 8 heteroatoms. The molecular formula is C10H16N4O3S. The van der Waals surface area contributed by atoms with Gasteiger partial charge in [-0.1, -0.05) is 0 Å². The minimum Gasteiger partial charge on any atom is -0.381 e. The molecule has 100 valence electrons. The molecule has 1 aromatic rings. The zero-order valence-corrected chi connectivity index (χ0v) is 10.9. The van der Waals surface area contributed by atoms with Crippen LogP contribution in [0.3, 0.4) is 0 Å². The van der Waals surface area contributed by atoms with E-state index in [-0.39, 0.29) is 29.0 Å². The van der Waals surface area contributed by atoms with Gasteiger partial charge in [-0.3, -0.25) is 4.68 Å². The molecule has 3 atom stereocenters. The number of rotatable bonds is 3. The maximum absolute atomic E-state index is 12.2. The van der Waals surface area contributed by atoms with Gasteiger partial charge in [0.1, 0.15) is 4.90 Å². The van der Waals surface area contributed by atoms with Crippen LogP contribution in [-0.4, -0.2) is 36.4 Å². The van der Waals surface area contributed by atoms with Crippen molar-refractivity contribution in [2.24, 2.45) is 7.05 Å². The van der Waals surface area contributed by atoms with Gasteiger partial charge in [0.05, 0.1) is 18.2 Å². The smallest absolute Gasteiger partial charge is 0.246 e. The summed E-state index contributed by atoms with van der Waals surface area (Å²) < 4.78 is 34.1. The molecule has 18 heavy (non-hydrogen) atoms. The molecule has 0 amide bonds. The Kier molecular flexibility index (Phi) is 2.61. The zero-order chi connectivity index (χ0) is 12.9. The molecule has 0 radical (unpaired) electrons. The molecule has 2 saturated heterocycles. The first-order valence-corrected chi connectivity index (χ1v) is 7.41. The van der Waals surface area contributed by atoms with Crippen LogP contribution in [0.25, 0.3) is 0 Å². The van der Waals surface area contributed by atoms with Crippen LogP contribution >= 0.6 is 0 Å². The van der Waals surface area contributed by atoms with E-state index in [4.69, 9.17) is 10.5 Å². The van der Waals surface area contributed by atoms with Crippen LogP contribution in [0.4, 0.5) is 5.82 Å². The van der Waals surface area contributed by atoms with Gasteiger partial charge in [0.25, 0.3) is 0 Å². The molecule has 2 fully saturated rings. The summed E-state index contributed by atoms with van der Waals surface area (Å²) in [4.78, 5) is 0.0350. The van der Waals surface area contributed by atoms with E-state index in [0.29, 0.717) is 0 Å². The number of hydrogen-bond donors (Lipinski definition) is 2. The number of nitrogens with zero attached hydrogens (tertiary/aromatic N) is 2. The van der Waals surface area contributed by atoms with Gasteiger partial charge in [-0.05, 0) is 19.3 Å². The fourth-order valence-corrected chi connectivity index (χ4v) is 4.10. The van der Waals surface area contributed by atoms with Crippen LogP contribution in [0.1, 0.15) is 19.3 Å². The van der Waals surface area contributed by atoms with E-state index in [9.17, 15) is 8.42 Å². The molecule has 7 nitrogen and oxygen atoms in total. The molecule has 1 aromatic heterocycles. The highest BCUT2D eigenvalue weighted by Crippen LogP contribution is 2.35. The van der Waals surface area contributed by atoms with E-state index in [1.807, 2.05) is 0 Å². The highest BCUT2D eigenvalue weighted by atomic mass is 32.2. The first-order valence-electron chi connectivity index (χ1n) is 5.92. The van der Waals surface area contributed by atoms with E-state index in [1.165, 1.54) is 10.9 Å². The summed E-state index contributed by atoms with van der Waals surface area (Å²) in [5, 5.41) is 3.84. The lowest BCUT2D eigenvalue weighted by Gasteiger charge is -2.19. The highest BCUT2D eigenvalue weighted by Gasteiger charge is 2.42. The van der Waals surface area contributed by atoms with Gasteiger partial charge >= 0.3 is 0 Å². The van der Waals surface area contributed by atoms with Crippen molar-refractivity contribution in [3.8, 4) is 0 Å². The molecule has 3 unspecified atom stereocenters. The minimum atomic E-state index is -3.61. The minimum absolute atomic E-state index is 0.00247. The summed E-state index contributed by atoms with van der Waals surface area (Å²) in [5.41, 5.74) is 5.60. The molecule has 2 aliphatic heterocycles. The molecule has 3 rings (SSSR count). The number of nitrogen functional groups attached to an aromatic ring is 1. The first-order chi connectivity index (χ1) is 8.45. The number of ether oxygens (including phenoxy) is 1. The third-order valence-corrected chi connectivity index (χ3v) is 5.03. The maximum atomic E-state index is 12.2. The normalized spacial score (nSPS) is 31.1. The number of fused-ring (bicyclic) bond motifs is 2. The van der Waals surface area contributed by atoms with Crippen molar-refractivity contribution in [2.45, 2.75) is 42.4 Å². The summed E-state index contributed by atoms with van der Waals surface area (Å²) in [6.07, 6.45) is 4.30. The van der Waals surface area contributed by atoms with E-state index >= 15 is 0 Å². The van der Waals surface area contributed by atoms with Crippen LogP contribution in [0, 0.1) is 0 Å². The quantitative estimate of drug-likeness (QED) is 0.780. The summed E-state index contributed by atoms with van der Waals surface area (Å²) in [6.45, 7) is 0. The van der Waals surface area contributed by atoms with Gasteiger partial charge in [0.15, 0.2) is 5.82 Å². The summed E-state index contributed by atoms with van der Waals surface area (Å²) in [6, 6.07) is -0.145. The molecular weight excluding hydrogens is 256 g/mol. The standard InChI is InChI=1S/C10H16N4O3S/c1-14-5-9(10(11)12-14)18(15,16)13-7-4-6-2-3-8(7)17-6/h5-8,13H,2-4H2,1H3,(H2,11,12). The lowest BCUT2D eigenvalue weighted by molar-refractivity contribution is 0.0996. The Morgan fingerprint density at radius 1 is 1.56 bits per heavy atom. The van der Waals surface area contributed by atoms with Gasteiger partial charge in [-0.15, -0.1) is 0 Å². The Morgan fingerprint density at radius 3 is 2.83 bits per heavy atom. The molecule has 3 N–H and O–H groups in total. The lowest BCUT2D eigenvalue weighted by Crippen LogP contribution is -2.41. The Hall–Kier alpha value is -1.12. The molecule has 0 saturated carbocycles. The molecule has 0 spiro atoms. The number of hydrogen-bond acceptors (Lipinski definition) is 5. The van der Waals surface area contributed by atoms with Crippen molar-refractivity contribution in [2.75, 3.05) is 5.73 Å². The van der Waals surface area contributed by atoms with Crippen molar-refractivity contribution < 1.29 is 13.2 Å². The topological polar surface area (TPSA) is 99.2 Å². The molecule has 3 heterocycles. The second-order valence-electron chi connectivity index (χ2n) is 4.89. The van der Waals surface area contributed by atoms with Gasteiger partial charge in [0, 0.05) is 13.2 Å². The van der Waals surface area contributed by atoms with Gasteiger partial charge < -0.3 is 10.5 Å². The van der Waals surface area contributed by atoms with Crippen molar-refractivity contribution in [3.05, 3.63) is 6.20 Å². The van der Waals surface area contributed by atoms with Crippen molar-refractivity contribution in [3.63, 3.8) is 0 Å². The van der Waals surface area contributed by atoms with Gasteiger partial charge in [0.2, 0.25) is 10.0 Å². The fraction of sp³-hybridized carbons (Fsp3) is 0.700. The Balaban J connectivity index is 1.81. The Morgan fingerprint density at radius 2 is 2.33 bits per heavy atom. The van der Waals surface area contributed by atoms with Crippen molar-refractivity contribution in [1.29, 1.82) is 0 Å². The predicted octanol–water partition coefficient (Wildman–Crippen LogP) is -0.399. The van der Waals surface area contributed by atoms with Crippen molar-refractivity contribution >= 4 is 15.8 Å². The highest BCUT2D eigenvalue weighted by molar-refractivity contribution is 7.89. The number of aryl methyl sites for hydroxylation is 1. The number of anilines is 1.